The summed E-state index contributed by atoms with van der Waals surface area (Å²) in [7, 11) is 0. The predicted octanol–water partition coefficient (Wildman–Crippen LogP) is 12.8. The highest BCUT2D eigenvalue weighted by molar-refractivity contribution is 7.19. The minimum Gasteiger partial charge on any atom is -0.339 e. The summed E-state index contributed by atoms with van der Waals surface area (Å²) in [6.45, 7) is 7.53. The first-order valence-electron chi connectivity index (χ1n) is 17.0. The van der Waals surface area contributed by atoms with Crippen molar-refractivity contribution < 1.29 is 0 Å². The van der Waals surface area contributed by atoms with E-state index in [9.17, 15) is 0 Å². The molecule has 0 saturated carbocycles. The Hall–Kier alpha value is -3.24. The van der Waals surface area contributed by atoms with Crippen LogP contribution in [0.3, 0.4) is 0 Å². The summed E-state index contributed by atoms with van der Waals surface area (Å²) in [5.41, 5.74) is 11.3. The molecule has 5 heterocycles. The van der Waals surface area contributed by atoms with Gasteiger partial charge in [0.2, 0.25) is 0 Å². The Morgan fingerprint density at radius 1 is 0.468 bits per heavy atom. The van der Waals surface area contributed by atoms with Crippen molar-refractivity contribution in [2.45, 2.75) is 91.5 Å². The Balaban J connectivity index is 1.15. The molecular formula is C38H41N5S4. The van der Waals surface area contributed by atoms with E-state index in [0.29, 0.717) is 0 Å². The fourth-order valence-corrected chi connectivity index (χ4v) is 9.89. The maximum atomic E-state index is 4.66. The number of rotatable bonds is 15. The second kappa shape index (κ2) is 14.9. The lowest BCUT2D eigenvalue weighted by Crippen LogP contribution is -2.01. The first-order chi connectivity index (χ1) is 23.1. The molecule has 0 radical (unpaired) electrons. The molecule has 47 heavy (non-hydrogen) atoms. The third-order valence-corrected chi connectivity index (χ3v) is 12.5. The van der Waals surface area contributed by atoms with Crippen molar-refractivity contribution in [1.29, 1.82) is 0 Å². The van der Waals surface area contributed by atoms with Crippen LogP contribution >= 0.6 is 46.1 Å². The highest BCUT2D eigenvalue weighted by Crippen LogP contribution is 2.42. The van der Waals surface area contributed by atoms with Crippen LogP contribution in [0.15, 0.2) is 60.7 Å². The summed E-state index contributed by atoms with van der Waals surface area (Å²) in [5.74, 6) is 0. The molecule has 5 aromatic heterocycles. The Labute approximate surface area is 294 Å². The van der Waals surface area contributed by atoms with Crippen molar-refractivity contribution in [1.82, 2.24) is 22.1 Å². The minimum atomic E-state index is 1.01. The maximum Gasteiger partial charge on any atom is 0.113 e. The summed E-state index contributed by atoms with van der Waals surface area (Å²) >= 11 is 6.31. The highest BCUT2D eigenvalue weighted by atomic mass is 32.1. The molecular weight excluding hydrogens is 655 g/mol. The van der Waals surface area contributed by atoms with Crippen LogP contribution in [0.5, 0.6) is 0 Å². The van der Waals surface area contributed by atoms with Gasteiger partial charge in [-0.25, -0.2) is 0 Å². The molecule has 7 aromatic rings. The molecule has 0 saturated heterocycles. The number of hydrogen-bond acceptors (Lipinski definition) is 8. The number of unbranched alkanes of at least 4 members (excludes halogenated alkanes) is 9. The molecule has 0 fully saturated rings. The number of aromatic nitrogens is 5. The van der Waals surface area contributed by atoms with E-state index in [1.165, 1.54) is 141 Å². The van der Waals surface area contributed by atoms with Crippen LogP contribution in [0.2, 0.25) is 0 Å². The average Bonchev–Trinajstić information content (AvgIpc) is 3.92. The van der Waals surface area contributed by atoms with Crippen molar-refractivity contribution >= 4 is 68.2 Å². The number of benzene rings is 2. The summed E-state index contributed by atoms with van der Waals surface area (Å²) < 4.78 is 21.0. The molecule has 0 atom stereocenters. The van der Waals surface area contributed by atoms with Crippen LogP contribution in [0.1, 0.15) is 82.3 Å². The number of hydrogen-bond donors (Lipinski definition) is 0. The quantitative estimate of drug-likeness (QED) is 0.100. The van der Waals surface area contributed by atoms with Crippen LogP contribution in [0.25, 0.3) is 64.1 Å². The summed E-state index contributed by atoms with van der Waals surface area (Å²) in [6, 6.07) is 22.5. The van der Waals surface area contributed by atoms with Gasteiger partial charge in [-0.05, 0) is 67.8 Å². The molecule has 0 amide bonds. The van der Waals surface area contributed by atoms with Crippen LogP contribution < -0.4 is 0 Å². The molecule has 7 rings (SSSR count). The SMILES string of the molecule is CCCCCCCCCCCCn1c(-c2ccc(-c3ccc(C)c4nsnc34)s2)ccc1-c1ccc(-c2ccc(C)c3nsnc23)s1. The van der Waals surface area contributed by atoms with Crippen LogP contribution in [0, 0.1) is 13.8 Å². The Kier molecular flexibility index (Phi) is 10.2. The van der Waals surface area contributed by atoms with Gasteiger partial charge in [0.05, 0.1) is 44.6 Å². The number of nitrogens with zero attached hydrogens (tertiary/aromatic N) is 5. The lowest BCUT2D eigenvalue weighted by Gasteiger charge is -2.12. The fraction of sp³-hybridized carbons (Fsp3) is 0.368. The van der Waals surface area contributed by atoms with E-state index in [-0.39, 0.29) is 0 Å². The van der Waals surface area contributed by atoms with E-state index in [0.717, 1.165) is 28.6 Å². The zero-order chi connectivity index (χ0) is 32.2. The molecule has 0 aliphatic rings. The smallest absolute Gasteiger partial charge is 0.113 e. The van der Waals surface area contributed by atoms with E-state index in [4.69, 9.17) is 0 Å². The topological polar surface area (TPSA) is 56.5 Å². The van der Waals surface area contributed by atoms with E-state index in [1.54, 1.807) is 0 Å². The normalized spacial score (nSPS) is 11.8. The molecule has 242 valence electrons. The van der Waals surface area contributed by atoms with Crippen molar-refractivity contribution in [3.05, 3.63) is 71.8 Å². The van der Waals surface area contributed by atoms with E-state index in [1.807, 2.05) is 22.7 Å². The van der Waals surface area contributed by atoms with Crippen molar-refractivity contribution in [2.75, 3.05) is 0 Å². The predicted molar refractivity (Wildman–Crippen MR) is 205 cm³/mol. The Morgan fingerprint density at radius 3 is 1.38 bits per heavy atom. The molecule has 0 aliphatic heterocycles. The first kappa shape index (κ1) is 32.3. The molecule has 0 N–H and O–H groups in total. The molecule has 0 bridgehead atoms. The lowest BCUT2D eigenvalue weighted by atomic mass is 10.1. The van der Waals surface area contributed by atoms with Gasteiger partial charge in [0.1, 0.15) is 22.1 Å². The van der Waals surface area contributed by atoms with Crippen molar-refractivity contribution in [2.24, 2.45) is 0 Å². The number of thiophene rings is 2. The van der Waals surface area contributed by atoms with E-state index >= 15 is 0 Å². The van der Waals surface area contributed by atoms with Gasteiger partial charge in [0.25, 0.3) is 0 Å². The largest absolute Gasteiger partial charge is 0.339 e. The van der Waals surface area contributed by atoms with Gasteiger partial charge in [0.15, 0.2) is 0 Å². The summed E-state index contributed by atoms with van der Waals surface area (Å²) in [5, 5.41) is 0. The third-order valence-electron chi connectivity index (χ3n) is 9.20. The Morgan fingerprint density at radius 2 is 0.894 bits per heavy atom. The monoisotopic (exact) mass is 695 g/mol. The fourth-order valence-electron chi connectivity index (χ4n) is 6.51. The summed E-state index contributed by atoms with van der Waals surface area (Å²) in [6.07, 6.45) is 13.4. The van der Waals surface area contributed by atoms with Crippen LogP contribution in [-0.2, 0) is 6.54 Å². The zero-order valence-corrected chi connectivity index (χ0v) is 30.7. The number of fused-ring (bicyclic) bond motifs is 2. The number of aryl methyl sites for hydroxylation is 2. The van der Waals surface area contributed by atoms with Crippen molar-refractivity contribution in [3.63, 3.8) is 0 Å². The lowest BCUT2D eigenvalue weighted by molar-refractivity contribution is 0.538. The van der Waals surface area contributed by atoms with Gasteiger partial charge in [-0.3, -0.25) is 0 Å². The highest BCUT2D eigenvalue weighted by Gasteiger charge is 2.19. The van der Waals surface area contributed by atoms with E-state index in [2.05, 4.69) is 103 Å². The van der Waals surface area contributed by atoms with Gasteiger partial charge in [0, 0.05) is 27.4 Å². The third kappa shape index (κ3) is 6.86. The maximum absolute atomic E-state index is 4.66. The standard InChI is InChI=1S/C38H41N5S4/c1-4-5-6-7-8-9-10-11-12-13-24-43-29(33-22-20-31(44-33)27-16-14-25(2)35-37(27)41-46-39-35)18-19-30(43)34-23-21-32(45-34)28-17-15-26(3)36-38(28)42-47-40-36/h14-23H,4-13,24H2,1-3H3. The van der Waals surface area contributed by atoms with Gasteiger partial charge < -0.3 is 4.57 Å². The molecule has 0 spiro atoms. The van der Waals surface area contributed by atoms with Crippen molar-refractivity contribution in [3.8, 4) is 42.0 Å². The first-order valence-corrected chi connectivity index (χ1v) is 20.1. The van der Waals surface area contributed by atoms with Crippen LogP contribution in [0.4, 0.5) is 0 Å². The van der Waals surface area contributed by atoms with Crippen LogP contribution in [-0.4, -0.2) is 22.1 Å². The van der Waals surface area contributed by atoms with Gasteiger partial charge in [-0.1, -0.05) is 89.0 Å². The molecule has 5 nitrogen and oxygen atoms in total. The second-order valence-corrected chi connectivity index (χ2v) is 15.8. The molecule has 0 aliphatic carbocycles. The minimum absolute atomic E-state index is 1.01. The van der Waals surface area contributed by atoms with Gasteiger partial charge in [-0.15, -0.1) is 22.7 Å². The zero-order valence-electron chi connectivity index (χ0n) is 27.4. The summed E-state index contributed by atoms with van der Waals surface area (Å²) in [4.78, 5) is 5.07. The van der Waals surface area contributed by atoms with Gasteiger partial charge >= 0.3 is 0 Å². The average molecular weight is 696 g/mol. The Bertz CT molecular complexity index is 1960. The van der Waals surface area contributed by atoms with Gasteiger partial charge in [-0.2, -0.15) is 17.5 Å². The molecule has 0 unspecified atom stereocenters. The van der Waals surface area contributed by atoms with E-state index < -0.39 is 0 Å². The second-order valence-electron chi connectivity index (χ2n) is 12.5. The molecule has 9 heteroatoms. The molecule has 2 aromatic carbocycles.